The average molecular weight is 272 g/mol. The summed E-state index contributed by atoms with van der Waals surface area (Å²) in [5.74, 6) is -2.51. The Hall–Kier alpha value is -1.62. The van der Waals surface area contributed by atoms with E-state index in [4.69, 9.17) is 16.7 Å². The predicted octanol–water partition coefficient (Wildman–Crippen LogP) is 2.23. The van der Waals surface area contributed by atoms with Gasteiger partial charge in [0.25, 0.3) is 0 Å². The highest BCUT2D eigenvalue weighted by atomic mass is 35.5. The van der Waals surface area contributed by atoms with Crippen molar-refractivity contribution in [3.8, 4) is 0 Å². The molecular formula is C12H11ClFNO3. The number of carboxylic acid groups (broad SMARTS) is 1. The van der Waals surface area contributed by atoms with Crippen LogP contribution in [0.5, 0.6) is 0 Å². The molecule has 1 aliphatic rings. The zero-order valence-corrected chi connectivity index (χ0v) is 10.4. The van der Waals surface area contributed by atoms with Gasteiger partial charge in [0.2, 0.25) is 5.91 Å². The molecule has 96 valence electrons. The minimum atomic E-state index is -1.01. The van der Waals surface area contributed by atoms with Gasteiger partial charge in [0.15, 0.2) is 0 Å². The molecule has 1 aliphatic heterocycles. The van der Waals surface area contributed by atoms with Crippen molar-refractivity contribution in [2.45, 2.75) is 13.3 Å². The van der Waals surface area contributed by atoms with E-state index in [1.54, 1.807) is 6.92 Å². The molecule has 1 aromatic carbocycles. The summed E-state index contributed by atoms with van der Waals surface area (Å²) in [6.07, 6.45) is -0.0535. The fraction of sp³-hybridized carbons (Fsp3) is 0.333. The maximum atomic E-state index is 13.3. The van der Waals surface area contributed by atoms with Crippen molar-refractivity contribution in [1.29, 1.82) is 0 Å². The zero-order chi connectivity index (χ0) is 13.4. The molecule has 1 unspecified atom stereocenters. The van der Waals surface area contributed by atoms with Gasteiger partial charge in [-0.25, -0.2) is 4.39 Å². The molecule has 0 aliphatic carbocycles. The quantitative estimate of drug-likeness (QED) is 0.897. The summed E-state index contributed by atoms with van der Waals surface area (Å²) in [7, 11) is 0. The molecule has 2 rings (SSSR count). The average Bonchev–Trinajstić information content (AvgIpc) is 2.66. The van der Waals surface area contributed by atoms with Crippen LogP contribution in [0.1, 0.15) is 12.0 Å². The third-order valence-electron chi connectivity index (χ3n) is 2.99. The first-order valence-electron chi connectivity index (χ1n) is 5.39. The van der Waals surface area contributed by atoms with Crippen LogP contribution >= 0.6 is 11.6 Å². The van der Waals surface area contributed by atoms with Crippen molar-refractivity contribution in [2.75, 3.05) is 11.4 Å². The number of halogens is 2. The fourth-order valence-electron chi connectivity index (χ4n) is 1.95. The van der Waals surface area contributed by atoms with Crippen LogP contribution in [-0.2, 0) is 9.59 Å². The Balaban J connectivity index is 2.35. The van der Waals surface area contributed by atoms with Gasteiger partial charge in [-0.3, -0.25) is 9.59 Å². The monoisotopic (exact) mass is 271 g/mol. The minimum absolute atomic E-state index is 0.0535. The van der Waals surface area contributed by atoms with Crippen LogP contribution in [0.4, 0.5) is 10.1 Å². The lowest BCUT2D eigenvalue weighted by atomic mass is 10.1. The predicted molar refractivity (Wildman–Crippen MR) is 64.2 cm³/mol. The Morgan fingerprint density at radius 2 is 2.22 bits per heavy atom. The number of amides is 1. The van der Waals surface area contributed by atoms with Gasteiger partial charge in [-0.05, 0) is 24.6 Å². The number of carboxylic acids is 1. The lowest BCUT2D eigenvalue weighted by molar-refractivity contribution is -0.141. The van der Waals surface area contributed by atoms with Gasteiger partial charge in [0, 0.05) is 13.0 Å². The maximum Gasteiger partial charge on any atom is 0.308 e. The molecule has 1 N–H and O–H groups in total. The second kappa shape index (κ2) is 4.57. The van der Waals surface area contributed by atoms with Crippen LogP contribution in [0.15, 0.2) is 12.1 Å². The standard InChI is InChI=1S/C12H11ClFNO3/c1-6-2-10(8(13)4-9(6)14)15-5-7(12(17)18)3-11(15)16/h2,4,7H,3,5H2,1H3,(H,17,18). The highest BCUT2D eigenvalue weighted by molar-refractivity contribution is 6.34. The molecule has 1 amide bonds. The van der Waals surface area contributed by atoms with E-state index in [1.807, 2.05) is 0 Å². The molecule has 1 aromatic rings. The minimum Gasteiger partial charge on any atom is -0.481 e. The van der Waals surface area contributed by atoms with Gasteiger partial charge < -0.3 is 10.0 Å². The Bertz CT molecular complexity index is 532. The number of hydrogen-bond donors (Lipinski definition) is 1. The second-order valence-electron chi connectivity index (χ2n) is 4.30. The molecule has 1 atom stereocenters. The molecule has 0 aromatic heterocycles. The molecule has 4 nitrogen and oxygen atoms in total. The van der Waals surface area contributed by atoms with Crippen molar-refractivity contribution in [3.05, 3.63) is 28.5 Å². The van der Waals surface area contributed by atoms with Gasteiger partial charge in [0.1, 0.15) is 5.82 Å². The first-order chi connectivity index (χ1) is 8.40. The number of benzene rings is 1. The molecule has 18 heavy (non-hydrogen) atoms. The Kier molecular flexibility index (Phi) is 3.26. The number of carbonyl (C=O) groups is 2. The van der Waals surface area contributed by atoms with Crippen molar-refractivity contribution < 1.29 is 19.1 Å². The van der Waals surface area contributed by atoms with Crippen molar-refractivity contribution in [1.82, 2.24) is 0 Å². The van der Waals surface area contributed by atoms with E-state index < -0.39 is 17.7 Å². The fourth-order valence-corrected chi connectivity index (χ4v) is 2.21. The third kappa shape index (κ3) is 2.18. The van der Waals surface area contributed by atoms with Gasteiger partial charge in [0.05, 0.1) is 16.6 Å². The van der Waals surface area contributed by atoms with Crippen molar-refractivity contribution in [2.24, 2.45) is 5.92 Å². The normalized spacial score (nSPS) is 19.4. The second-order valence-corrected chi connectivity index (χ2v) is 4.70. The molecular weight excluding hydrogens is 261 g/mol. The molecule has 0 spiro atoms. The van der Waals surface area contributed by atoms with Gasteiger partial charge >= 0.3 is 5.97 Å². The van der Waals surface area contributed by atoms with E-state index in [1.165, 1.54) is 11.0 Å². The number of hydrogen-bond acceptors (Lipinski definition) is 2. The zero-order valence-electron chi connectivity index (χ0n) is 9.61. The van der Waals surface area contributed by atoms with Gasteiger partial charge in [-0.2, -0.15) is 0 Å². The number of carbonyl (C=O) groups excluding carboxylic acids is 1. The van der Waals surface area contributed by atoms with Crippen LogP contribution in [-0.4, -0.2) is 23.5 Å². The van der Waals surface area contributed by atoms with Crippen LogP contribution < -0.4 is 4.90 Å². The summed E-state index contributed by atoms with van der Waals surface area (Å²) < 4.78 is 13.3. The summed E-state index contributed by atoms with van der Waals surface area (Å²) in [5.41, 5.74) is 0.727. The van der Waals surface area contributed by atoms with E-state index in [0.29, 0.717) is 11.3 Å². The van der Waals surface area contributed by atoms with E-state index >= 15 is 0 Å². The molecule has 6 heteroatoms. The van der Waals surface area contributed by atoms with E-state index in [0.717, 1.165) is 6.07 Å². The van der Waals surface area contributed by atoms with Crippen LogP contribution in [0.25, 0.3) is 0 Å². The first-order valence-corrected chi connectivity index (χ1v) is 5.76. The van der Waals surface area contributed by atoms with Crippen LogP contribution in [0.2, 0.25) is 5.02 Å². The van der Waals surface area contributed by atoms with Gasteiger partial charge in [-0.15, -0.1) is 0 Å². The summed E-state index contributed by atoms with van der Waals surface area (Å²) in [6, 6.07) is 2.59. The number of aryl methyl sites for hydroxylation is 1. The van der Waals surface area contributed by atoms with E-state index in [-0.39, 0.29) is 23.9 Å². The van der Waals surface area contributed by atoms with Crippen molar-refractivity contribution >= 4 is 29.2 Å². The topological polar surface area (TPSA) is 57.6 Å². The number of aliphatic carboxylic acids is 1. The molecule has 0 bridgehead atoms. The molecule has 1 saturated heterocycles. The maximum absolute atomic E-state index is 13.3. The Morgan fingerprint density at radius 3 is 2.78 bits per heavy atom. The number of nitrogens with zero attached hydrogens (tertiary/aromatic N) is 1. The van der Waals surface area contributed by atoms with E-state index in [9.17, 15) is 14.0 Å². The number of anilines is 1. The molecule has 0 radical (unpaired) electrons. The van der Waals surface area contributed by atoms with E-state index in [2.05, 4.69) is 0 Å². The summed E-state index contributed by atoms with van der Waals surface area (Å²) in [4.78, 5) is 23.9. The number of rotatable bonds is 2. The SMILES string of the molecule is Cc1cc(N2CC(C(=O)O)CC2=O)c(Cl)cc1F. The highest BCUT2D eigenvalue weighted by Gasteiger charge is 2.36. The lowest BCUT2D eigenvalue weighted by Gasteiger charge is -2.18. The summed E-state index contributed by atoms with van der Waals surface area (Å²) in [5, 5.41) is 9.00. The molecule has 0 saturated carbocycles. The third-order valence-corrected chi connectivity index (χ3v) is 3.30. The Labute approximate surface area is 108 Å². The van der Waals surface area contributed by atoms with Gasteiger partial charge in [-0.1, -0.05) is 11.6 Å². The largest absolute Gasteiger partial charge is 0.481 e. The smallest absolute Gasteiger partial charge is 0.308 e. The molecule has 1 fully saturated rings. The summed E-state index contributed by atoms with van der Waals surface area (Å²) >= 11 is 5.89. The van der Waals surface area contributed by atoms with Crippen molar-refractivity contribution in [3.63, 3.8) is 0 Å². The lowest BCUT2D eigenvalue weighted by Crippen LogP contribution is -2.26. The Morgan fingerprint density at radius 1 is 1.56 bits per heavy atom. The van der Waals surface area contributed by atoms with Crippen LogP contribution in [0, 0.1) is 18.7 Å². The summed E-state index contributed by atoms with van der Waals surface area (Å²) in [6.45, 7) is 1.63. The highest BCUT2D eigenvalue weighted by Crippen LogP contribution is 2.33. The van der Waals surface area contributed by atoms with Crippen LogP contribution in [0.3, 0.4) is 0 Å². The molecule has 1 heterocycles. The first kappa shape index (κ1) is 12.8.